The Morgan fingerprint density at radius 1 is 1.12 bits per heavy atom. The Hall–Kier alpha value is -1.70. The van der Waals surface area contributed by atoms with Crippen LogP contribution in [0.25, 0.3) is 0 Å². The van der Waals surface area contributed by atoms with Crippen LogP contribution in [0.2, 0.25) is 0 Å². The molecule has 0 saturated carbocycles. The van der Waals surface area contributed by atoms with Gasteiger partial charge >= 0.3 is 0 Å². The molecule has 2 rings (SSSR count). The van der Waals surface area contributed by atoms with Crippen molar-refractivity contribution in [3.63, 3.8) is 0 Å². The van der Waals surface area contributed by atoms with Gasteiger partial charge in [0.05, 0.1) is 0 Å². The standard InChI is InChI=1S/C13H18O.C9H14O/c1-10(2)13-6-4-12(5-7-13)8-11(3)9-14;1-7-3-4-9(6-10)8(2)5-7/h4-7,9-11H,8H2,1-3H3;5-6,8-9H,3-4H2,1-2H3. The average molecular weight is 328 g/mol. The predicted octanol–water partition coefficient (Wildman–Crippen LogP) is 5.37. The summed E-state index contributed by atoms with van der Waals surface area (Å²) in [7, 11) is 0. The molecule has 0 bridgehead atoms. The third-order valence-electron chi connectivity index (χ3n) is 4.71. The molecule has 0 aliphatic heterocycles. The molecule has 132 valence electrons. The first-order valence-electron chi connectivity index (χ1n) is 9.04. The summed E-state index contributed by atoms with van der Waals surface area (Å²) in [5.74, 6) is 1.45. The summed E-state index contributed by atoms with van der Waals surface area (Å²) in [6.07, 6.45) is 7.31. The zero-order valence-electron chi connectivity index (χ0n) is 15.8. The fourth-order valence-electron chi connectivity index (χ4n) is 2.96. The highest BCUT2D eigenvalue weighted by molar-refractivity contribution is 5.55. The maximum absolute atomic E-state index is 10.5. The van der Waals surface area contributed by atoms with Gasteiger partial charge in [-0.1, -0.05) is 63.6 Å². The Morgan fingerprint density at radius 3 is 2.21 bits per heavy atom. The van der Waals surface area contributed by atoms with Crippen molar-refractivity contribution in [2.75, 3.05) is 0 Å². The molecule has 3 unspecified atom stereocenters. The summed E-state index contributed by atoms with van der Waals surface area (Å²) in [4.78, 5) is 20.9. The third-order valence-corrected chi connectivity index (χ3v) is 4.71. The Kier molecular flexibility index (Phi) is 8.67. The van der Waals surface area contributed by atoms with E-state index >= 15 is 0 Å². The molecular weight excluding hydrogens is 296 g/mol. The van der Waals surface area contributed by atoms with Crippen LogP contribution in [-0.4, -0.2) is 12.6 Å². The quantitative estimate of drug-likeness (QED) is 0.538. The molecule has 0 spiro atoms. The molecule has 0 heterocycles. The zero-order valence-corrected chi connectivity index (χ0v) is 15.8. The molecule has 0 aromatic heterocycles. The monoisotopic (exact) mass is 328 g/mol. The number of rotatable bonds is 5. The van der Waals surface area contributed by atoms with Crippen molar-refractivity contribution >= 4 is 12.6 Å². The van der Waals surface area contributed by atoms with E-state index < -0.39 is 0 Å². The molecule has 0 fully saturated rings. The molecule has 0 radical (unpaired) electrons. The van der Waals surface area contributed by atoms with Crippen molar-refractivity contribution in [3.8, 4) is 0 Å². The maximum atomic E-state index is 10.5. The summed E-state index contributed by atoms with van der Waals surface area (Å²) in [6.45, 7) is 10.6. The van der Waals surface area contributed by atoms with Crippen LogP contribution in [0.5, 0.6) is 0 Å². The van der Waals surface area contributed by atoms with E-state index in [1.165, 1.54) is 16.7 Å². The normalized spacial score (nSPS) is 21.3. The second-order valence-electron chi connectivity index (χ2n) is 7.42. The average Bonchev–Trinajstić information content (AvgIpc) is 2.56. The minimum absolute atomic E-state index is 0.125. The van der Waals surface area contributed by atoms with Gasteiger partial charge in [-0.05, 0) is 49.1 Å². The first kappa shape index (κ1) is 20.3. The van der Waals surface area contributed by atoms with Gasteiger partial charge in [0.15, 0.2) is 0 Å². The number of allylic oxidation sites excluding steroid dienone is 2. The van der Waals surface area contributed by atoms with Crippen LogP contribution < -0.4 is 0 Å². The van der Waals surface area contributed by atoms with E-state index in [2.05, 4.69) is 58.0 Å². The Labute approximate surface area is 147 Å². The summed E-state index contributed by atoms with van der Waals surface area (Å²) in [5, 5.41) is 0. The third kappa shape index (κ3) is 6.82. The van der Waals surface area contributed by atoms with Gasteiger partial charge in [-0.15, -0.1) is 0 Å². The van der Waals surface area contributed by atoms with E-state index in [4.69, 9.17) is 0 Å². The predicted molar refractivity (Wildman–Crippen MR) is 101 cm³/mol. The van der Waals surface area contributed by atoms with Crippen molar-refractivity contribution in [1.82, 2.24) is 0 Å². The molecule has 1 aliphatic rings. The number of hydrogen-bond acceptors (Lipinski definition) is 2. The van der Waals surface area contributed by atoms with Crippen molar-refractivity contribution in [1.29, 1.82) is 0 Å². The van der Waals surface area contributed by atoms with E-state index in [0.717, 1.165) is 31.8 Å². The first-order valence-corrected chi connectivity index (χ1v) is 9.04. The van der Waals surface area contributed by atoms with Gasteiger partial charge in [0.25, 0.3) is 0 Å². The Balaban J connectivity index is 0.000000254. The van der Waals surface area contributed by atoms with Crippen LogP contribution in [-0.2, 0) is 16.0 Å². The molecular formula is C22H32O2. The van der Waals surface area contributed by atoms with E-state index in [1.807, 2.05) is 6.92 Å². The van der Waals surface area contributed by atoms with Gasteiger partial charge in [0.1, 0.15) is 12.6 Å². The number of carbonyl (C=O) groups excluding carboxylic acids is 2. The zero-order chi connectivity index (χ0) is 18.1. The van der Waals surface area contributed by atoms with Gasteiger partial charge in [-0.2, -0.15) is 0 Å². The lowest BCUT2D eigenvalue weighted by Crippen LogP contribution is -2.15. The number of hydrogen-bond donors (Lipinski definition) is 0. The lowest BCUT2D eigenvalue weighted by Gasteiger charge is -2.21. The first-order chi connectivity index (χ1) is 11.4. The van der Waals surface area contributed by atoms with Crippen molar-refractivity contribution < 1.29 is 9.59 Å². The SMILES string of the molecule is CC(C=O)Cc1ccc(C(C)C)cc1.CC1=CC(C)C(C=O)CC1. The lowest BCUT2D eigenvalue weighted by atomic mass is 9.83. The van der Waals surface area contributed by atoms with E-state index in [-0.39, 0.29) is 11.8 Å². The van der Waals surface area contributed by atoms with Crippen LogP contribution >= 0.6 is 0 Å². The van der Waals surface area contributed by atoms with Gasteiger partial charge in [-0.3, -0.25) is 0 Å². The van der Waals surface area contributed by atoms with Gasteiger partial charge in [-0.25, -0.2) is 0 Å². The Morgan fingerprint density at radius 2 is 1.75 bits per heavy atom. The minimum atomic E-state index is 0.125. The van der Waals surface area contributed by atoms with Gasteiger partial charge in [0, 0.05) is 11.8 Å². The molecule has 1 aromatic carbocycles. The van der Waals surface area contributed by atoms with Gasteiger partial charge in [0.2, 0.25) is 0 Å². The van der Waals surface area contributed by atoms with Crippen LogP contribution in [0.3, 0.4) is 0 Å². The number of carbonyl (C=O) groups is 2. The molecule has 0 amide bonds. The summed E-state index contributed by atoms with van der Waals surface area (Å²) >= 11 is 0. The summed E-state index contributed by atoms with van der Waals surface area (Å²) < 4.78 is 0. The smallest absolute Gasteiger partial charge is 0.123 e. The number of aldehydes is 2. The maximum Gasteiger partial charge on any atom is 0.123 e. The van der Waals surface area contributed by atoms with Crippen LogP contribution in [0.15, 0.2) is 35.9 Å². The molecule has 1 aromatic rings. The second-order valence-corrected chi connectivity index (χ2v) is 7.42. The van der Waals surface area contributed by atoms with E-state index in [0.29, 0.717) is 11.8 Å². The van der Waals surface area contributed by atoms with Crippen LogP contribution in [0.1, 0.15) is 64.5 Å². The number of benzene rings is 1. The highest BCUT2D eigenvalue weighted by Crippen LogP contribution is 2.26. The van der Waals surface area contributed by atoms with Crippen LogP contribution in [0, 0.1) is 17.8 Å². The lowest BCUT2D eigenvalue weighted by molar-refractivity contribution is -0.112. The highest BCUT2D eigenvalue weighted by atomic mass is 16.1. The molecule has 24 heavy (non-hydrogen) atoms. The molecule has 3 atom stereocenters. The van der Waals surface area contributed by atoms with E-state index in [9.17, 15) is 9.59 Å². The fourth-order valence-corrected chi connectivity index (χ4v) is 2.96. The minimum Gasteiger partial charge on any atom is -0.303 e. The molecule has 0 N–H and O–H groups in total. The largest absolute Gasteiger partial charge is 0.303 e. The van der Waals surface area contributed by atoms with Crippen molar-refractivity contribution in [3.05, 3.63) is 47.0 Å². The highest BCUT2D eigenvalue weighted by Gasteiger charge is 2.18. The topological polar surface area (TPSA) is 34.1 Å². The summed E-state index contributed by atoms with van der Waals surface area (Å²) in [5.41, 5.74) is 4.03. The fraction of sp³-hybridized carbons (Fsp3) is 0.545. The molecule has 2 heteroatoms. The van der Waals surface area contributed by atoms with Crippen molar-refractivity contribution in [2.45, 2.75) is 59.8 Å². The van der Waals surface area contributed by atoms with E-state index in [1.54, 1.807) is 0 Å². The Bertz CT molecular complexity index is 540. The van der Waals surface area contributed by atoms with Crippen LogP contribution in [0.4, 0.5) is 0 Å². The molecule has 0 saturated heterocycles. The molecule has 2 nitrogen and oxygen atoms in total. The summed E-state index contributed by atoms with van der Waals surface area (Å²) in [6, 6.07) is 8.54. The molecule has 1 aliphatic carbocycles. The second kappa shape index (κ2) is 10.2. The van der Waals surface area contributed by atoms with Gasteiger partial charge < -0.3 is 9.59 Å². The van der Waals surface area contributed by atoms with Crippen molar-refractivity contribution in [2.24, 2.45) is 17.8 Å².